The van der Waals surface area contributed by atoms with Gasteiger partial charge in [0.2, 0.25) is 0 Å². The molecule has 0 spiro atoms. The lowest BCUT2D eigenvalue weighted by Gasteiger charge is -2.36. The van der Waals surface area contributed by atoms with Gasteiger partial charge < -0.3 is 14.7 Å². The van der Waals surface area contributed by atoms with Crippen molar-refractivity contribution in [1.29, 1.82) is 0 Å². The summed E-state index contributed by atoms with van der Waals surface area (Å²) in [5, 5.41) is 11.6. The molecule has 3 rings (SSSR count). The molecule has 23 heavy (non-hydrogen) atoms. The fraction of sp³-hybridized carbons (Fsp3) is 0.368. The summed E-state index contributed by atoms with van der Waals surface area (Å²) < 4.78 is 5.38. The maximum absolute atomic E-state index is 11.6. The third kappa shape index (κ3) is 3.11. The molecule has 4 heteroatoms. The summed E-state index contributed by atoms with van der Waals surface area (Å²) in [4.78, 5) is 4.40. The van der Waals surface area contributed by atoms with Crippen molar-refractivity contribution in [2.24, 2.45) is 0 Å². The first-order valence-electron chi connectivity index (χ1n) is 7.87. The molecule has 122 valence electrons. The SMILES string of the molecule is COc1ccc2c(c1)[C@](O)(CCCN(C)C)c1ccccc1S2. The highest BCUT2D eigenvalue weighted by Crippen LogP contribution is 2.50. The second kappa shape index (κ2) is 6.56. The molecule has 0 saturated carbocycles. The molecule has 0 unspecified atom stereocenters. The number of benzene rings is 2. The highest BCUT2D eigenvalue weighted by molar-refractivity contribution is 7.99. The van der Waals surface area contributed by atoms with Crippen molar-refractivity contribution in [2.75, 3.05) is 27.7 Å². The van der Waals surface area contributed by atoms with Crippen LogP contribution in [0.2, 0.25) is 0 Å². The van der Waals surface area contributed by atoms with Gasteiger partial charge in [0.1, 0.15) is 11.4 Å². The molecular weight excluding hydrogens is 306 g/mol. The zero-order valence-electron chi connectivity index (χ0n) is 13.9. The Balaban J connectivity index is 2.05. The van der Waals surface area contributed by atoms with E-state index in [2.05, 4.69) is 25.1 Å². The molecule has 1 N–H and O–H groups in total. The second-order valence-electron chi connectivity index (χ2n) is 6.23. The van der Waals surface area contributed by atoms with E-state index in [9.17, 15) is 5.11 Å². The molecule has 0 radical (unpaired) electrons. The number of hydrogen-bond acceptors (Lipinski definition) is 4. The third-order valence-electron chi connectivity index (χ3n) is 4.33. The summed E-state index contributed by atoms with van der Waals surface area (Å²) in [7, 11) is 5.79. The molecule has 1 aliphatic rings. The molecule has 0 aliphatic carbocycles. The molecular formula is C19H23NO2S. The van der Waals surface area contributed by atoms with Crippen LogP contribution < -0.4 is 4.74 Å². The van der Waals surface area contributed by atoms with Gasteiger partial charge in [-0.2, -0.15) is 0 Å². The van der Waals surface area contributed by atoms with Gasteiger partial charge in [0, 0.05) is 20.9 Å². The van der Waals surface area contributed by atoms with Crippen molar-refractivity contribution in [2.45, 2.75) is 28.2 Å². The van der Waals surface area contributed by atoms with E-state index in [4.69, 9.17) is 4.74 Å². The predicted molar refractivity (Wildman–Crippen MR) is 94.3 cm³/mol. The summed E-state index contributed by atoms with van der Waals surface area (Å²) in [6.07, 6.45) is 1.63. The maximum atomic E-state index is 11.6. The van der Waals surface area contributed by atoms with Gasteiger partial charge in [0.25, 0.3) is 0 Å². The van der Waals surface area contributed by atoms with Crippen LogP contribution in [0.5, 0.6) is 5.75 Å². The Morgan fingerprint density at radius 3 is 2.57 bits per heavy atom. The first-order valence-corrected chi connectivity index (χ1v) is 8.69. The number of methoxy groups -OCH3 is 1. The average molecular weight is 329 g/mol. The first-order chi connectivity index (χ1) is 11.0. The van der Waals surface area contributed by atoms with Gasteiger partial charge in [-0.1, -0.05) is 30.0 Å². The minimum absolute atomic E-state index is 0.697. The van der Waals surface area contributed by atoms with Gasteiger partial charge in [0.05, 0.1) is 7.11 Å². The zero-order valence-corrected chi connectivity index (χ0v) is 14.7. The molecule has 3 nitrogen and oxygen atoms in total. The van der Waals surface area contributed by atoms with Crippen molar-refractivity contribution in [3.63, 3.8) is 0 Å². The average Bonchev–Trinajstić information content (AvgIpc) is 2.55. The van der Waals surface area contributed by atoms with Crippen LogP contribution in [0.15, 0.2) is 52.3 Å². The van der Waals surface area contributed by atoms with Crippen LogP contribution in [0.1, 0.15) is 24.0 Å². The van der Waals surface area contributed by atoms with Crippen molar-refractivity contribution in [1.82, 2.24) is 4.90 Å². The van der Waals surface area contributed by atoms with Gasteiger partial charge in [-0.15, -0.1) is 0 Å². The molecule has 0 bridgehead atoms. The van der Waals surface area contributed by atoms with Crippen molar-refractivity contribution < 1.29 is 9.84 Å². The summed E-state index contributed by atoms with van der Waals surface area (Å²) in [6.45, 7) is 0.955. The minimum Gasteiger partial charge on any atom is -0.497 e. The quantitative estimate of drug-likeness (QED) is 0.906. The van der Waals surface area contributed by atoms with E-state index in [1.165, 1.54) is 0 Å². The van der Waals surface area contributed by atoms with Crippen LogP contribution in [-0.2, 0) is 5.60 Å². The van der Waals surface area contributed by atoms with Crippen molar-refractivity contribution >= 4 is 11.8 Å². The smallest absolute Gasteiger partial charge is 0.119 e. The third-order valence-corrected chi connectivity index (χ3v) is 5.48. The summed E-state index contributed by atoms with van der Waals surface area (Å²) in [5.74, 6) is 0.787. The van der Waals surface area contributed by atoms with Crippen molar-refractivity contribution in [3.05, 3.63) is 53.6 Å². The van der Waals surface area contributed by atoms with Gasteiger partial charge in [0.15, 0.2) is 0 Å². The van der Waals surface area contributed by atoms with Crippen LogP contribution >= 0.6 is 11.8 Å². The second-order valence-corrected chi connectivity index (χ2v) is 7.31. The molecule has 2 aromatic carbocycles. The lowest BCUT2D eigenvalue weighted by molar-refractivity contribution is 0.0597. The Bertz CT molecular complexity index is 702. The van der Waals surface area contributed by atoms with Crippen LogP contribution in [0.4, 0.5) is 0 Å². The van der Waals surface area contributed by atoms with Crippen LogP contribution in [0.25, 0.3) is 0 Å². The standard InChI is InChI=1S/C19H23NO2S/c1-20(2)12-6-11-19(21)15-7-4-5-8-17(15)23-18-10-9-14(22-3)13-16(18)19/h4-5,7-10,13,21H,6,11-12H2,1-3H3/t19-/m0/s1. The predicted octanol–water partition coefficient (Wildman–Crippen LogP) is 3.74. The van der Waals surface area contributed by atoms with Gasteiger partial charge in [-0.25, -0.2) is 0 Å². The lowest BCUT2D eigenvalue weighted by Crippen LogP contribution is -2.32. The molecule has 0 saturated heterocycles. The summed E-state index contributed by atoms with van der Waals surface area (Å²) >= 11 is 1.72. The van der Waals surface area contributed by atoms with E-state index >= 15 is 0 Å². The largest absolute Gasteiger partial charge is 0.497 e. The van der Waals surface area contributed by atoms with E-state index < -0.39 is 5.60 Å². The van der Waals surface area contributed by atoms with Crippen molar-refractivity contribution in [3.8, 4) is 5.75 Å². The Labute approximate surface area is 142 Å². The Kier molecular flexibility index (Phi) is 4.67. The van der Waals surface area contributed by atoms with E-state index in [1.807, 2.05) is 36.4 Å². The van der Waals surface area contributed by atoms with E-state index in [0.717, 1.165) is 39.6 Å². The fourth-order valence-corrected chi connectivity index (χ4v) is 4.33. The molecule has 0 fully saturated rings. The number of rotatable bonds is 5. The minimum atomic E-state index is -0.957. The summed E-state index contributed by atoms with van der Waals surface area (Å²) in [6, 6.07) is 14.1. The molecule has 0 amide bonds. The zero-order chi connectivity index (χ0) is 16.4. The monoisotopic (exact) mass is 329 g/mol. The molecule has 2 aromatic rings. The molecule has 1 atom stereocenters. The molecule has 1 aliphatic heterocycles. The lowest BCUT2D eigenvalue weighted by atomic mass is 9.82. The normalized spacial score (nSPS) is 19.3. The van der Waals surface area contributed by atoms with Gasteiger partial charge in [-0.3, -0.25) is 0 Å². The maximum Gasteiger partial charge on any atom is 0.119 e. The molecule has 0 aromatic heterocycles. The van der Waals surface area contributed by atoms with Crippen LogP contribution in [0.3, 0.4) is 0 Å². The van der Waals surface area contributed by atoms with Gasteiger partial charge in [-0.05, 0) is 57.7 Å². The number of fused-ring (bicyclic) bond motifs is 2. The van der Waals surface area contributed by atoms with E-state index in [-0.39, 0.29) is 0 Å². The summed E-state index contributed by atoms with van der Waals surface area (Å²) in [5.41, 5.74) is 1.01. The number of ether oxygens (including phenoxy) is 1. The Morgan fingerprint density at radius 1 is 1.09 bits per heavy atom. The van der Waals surface area contributed by atoms with E-state index in [0.29, 0.717) is 6.42 Å². The van der Waals surface area contributed by atoms with E-state index in [1.54, 1.807) is 18.9 Å². The fourth-order valence-electron chi connectivity index (χ4n) is 3.13. The van der Waals surface area contributed by atoms with Crippen LogP contribution in [-0.4, -0.2) is 37.8 Å². The molecule has 1 heterocycles. The highest BCUT2D eigenvalue weighted by atomic mass is 32.2. The van der Waals surface area contributed by atoms with Crippen LogP contribution in [0, 0.1) is 0 Å². The number of aliphatic hydroxyl groups is 1. The topological polar surface area (TPSA) is 32.7 Å². The Hall–Kier alpha value is -1.49. The number of nitrogens with zero attached hydrogens (tertiary/aromatic N) is 1. The Morgan fingerprint density at radius 2 is 1.83 bits per heavy atom. The first kappa shape index (κ1) is 16.4. The number of hydrogen-bond donors (Lipinski definition) is 1. The van der Waals surface area contributed by atoms with Gasteiger partial charge >= 0.3 is 0 Å². The highest BCUT2D eigenvalue weighted by Gasteiger charge is 2.39.